The van der Waals surface area contributed by atoms with Gasteiger partial charge in [0.2, 0.25) is 0 Å². The molecule has 0 amide bonds. The van der Waals surface area contributed by atoms with E-state index in [1.165, 1.54) is 0 Å². The molecule has 0 aliphatic carbocycles. The van der Waals surface area contributed by atoms with E-state index in [0.717, 1.165) is 6.54 Å². The predicted octanol–water partition coefficient (Wildman–Crippen LogP) is -1.47. The molecule has 0 saturated heterocycles. The molecule has 0 fully saturated rings. The molecule has 0 aromatic carbocycles. The van der Waals surface area contributed by atoms with E-state index in [-0.39, 0.29) is 13.2 Å². The Morgan fingerprint density at radius 3 is 1.67 bits per heavy atom. The Morgan fingerprint density at radius 2 is 1.47 bits per heavy atom. The van der Waals surface area contributed by atoms with Gasteiger partial charge in [0.15, 0.2) is 0 Å². The van der Waals surface area contributed by atoms with Gasteiger partial charge in [-0.15, -0.1) is 6.58 Å². The van der Waals surface area contributed by atoms with E-state index in [9.17, 15) is 0 Å². The van der Waals surface area contributed by atoms with E-state index in [4.69, 9.17) is 29.5 Å². The second-order valence-corrected chi connectivity index (χ2v) is 3.58. The van der Waals surface area contributed by atoms with Gasteiger partial charge in [-0.25, -0.2) is 4.57 Å². The molecule has 0 spiro atoms. The van der Waals surface area contributed by atoms with Crippen LogP contribution in [0.4, 0.5) is 0 Å². The quantitative estimate of drug-likeness (QED) is 0.285. The van der Waals surface area contributed by atoms with Crippen molar-refractivity contribution in [3.05, 3.63) is 12.7 Å². The zero-order chi connectivity index (χ0) is 12.3. The summed E-state index contributed by atoms with van der Waals surface area (Å²) in [7, 11) is -4.64. The molecule has 0 radical (unpaired) electrons. The minimum absolute atomic E-state index is 0.133. The normalized spacial score (nSPS) is 10.8. The largest absolute Gasteiger partial charge is 0.466 e. The standard InChI is InChI=1S/C7H15NO2.H3O4P/c1-2-3-8(4-6-9)5-7-10;1-5(2,3)4/h2,9-10H,1,3-7H2;(H3,1,2,3,4). The fourth-order valence-corrected chi connectivity index (χ4v) is 0.760. The Labute approximate surface area is 88.5 Å². The van der Waals surface area contributed by atoms with Gasteiger partial charge in [0, 0.05) is 19.6 Å². The average molecular weight is 243 g/mol. The number of aliphatic hydroxyl groups excluding tert-OH is 2. The van der Waals surface area contributed by atoms with Crippen LogP contribution in [0, 0.1) is 0 Å². The Balaban J connectivity index is 0. The first-order chi connectivity index (χ1) is 6.85. The van der Waals surface area contributed by atoms with E-state index in [0.29, 0.717) is 13.1 Å². The topological polar surface area (TPSA) is 121 Å². The molecule has 0 heterocycles. The molecule has 0 aromatic heterocycles. The van der Waals surface area contributed by atoms with Gasteiger partial charge in [-0.05, 0) is 0 Å². The first kappa shape index (κ1) is 17.1. The summed E-state index contributed by atoms with van der Waals surface area (Å²) in [5.74, 6) is 0. The molecule has 0 atom stereocenters. The lowest BCUT2D eigenvalue weighted by Crippen LogP contribution is -2.29. The van der Waals surface area contributed by atoms with Crippen LogP contribution < -0.4 is 0 Å². The van der Waals surface area contributed by atoms with Crippen LogP contribution in [0.25, 0.3) is 0 Å². The highest BCUT2D eigenvalue weighted by atomic mass is 31.2. The number of aliphatic hydroxyl groups is 2. The van der Waals surface area contributed by atoms with Crippen molar-refractivity contribution in [3.63, 3.8) is 0 Å². The summed E-state index contributed by atoms with van der Waals surface area (Å²) in [6, 6.07) is 0. The van der Waals surface area contributed by atoms with Gasteiger partial charge in [-0.1, -0.05) is 6.08 Å². The third-order valence-electron chi connectivity index (χ3n) is 1.22. The maximum atomic E-state index is 8.88. The SMILES string of the molecule is C=CCN(CCO)CCO.O=P(O)(O)O. The molecule has 8 heteroatoms. The molecule has 0 unspecified atom stereocenters. The molecule has 0 aliphatic rings. The third-order valence-corrected chi connectivity index (χ3v) is 1.22. The monoisotopic (exact) mass is 243 g/mol. The van der Waals surface area contributed by atoms with Gasteiger partial charge in [0.05, 0.1) is 13.2 Å². The fourth-order valence-electron chi connectivity index (χ4n) is 0.760. The van der Waals surface area contributed by atoms with Crippen LogP contribution in [-0.4, -0.2) is 62.6 Å². The molecule has 15 heavy (non-hydrogen) atoms. The van der Waals surface area contributed by atoms with Crippen LogP contribution in [0.1, 0.15) is 0 Å². The highest BCUT2D eigenvalue weighted by molar-refractivity contribution is 7.45. The van der Waals surface area contributed by atoms with Crippen molar-refractivity contribution >= 4 is 7.82 Å². The van der Waals surface area contributed by atoms with Gasteiger partial charge in [0.1, 0.15) is 0 Å². The summed E-state index contributed by atoms with van der Waals surface area (Å²) in [5, 5.41) is 17.1. The lowest BCUT2D eigenvalue weighted by molar-refractivity contribution is 0.172. The predicted molar refractivity (Wildman–Crippen MR) is 55.1 cm³/mol. The molecule has 5 N–H and O–H groups in total. The van der Waals surface area contributed by atoms with Crippen molar-refractivity contribution in [1.29, 1.82) is 0 Å². The fraction of sp³-hybridized carbons (Fsp3) is 0.714. The molecule has 7 nitrogen and oxygen atoms in total. The molecular formula is C7H18NO6P. The molecule has 0 bridgehead atoms. The lowest BCUT2D eigenvalue weighted by atomic mass is 10.4. The average Bonchev–Trinajstić information content (AvgIpc) is 2.02. The Kier molecular flexibility index (Phi) is 11.7. The summed E-state index contributed by atoms with van der Waals surface area (Å²) in [4.78, 5) is 23.5. The first-order valence-corrected chi connectivity index (χ1v) is 5.75. The van der Waals surface area contributed by atoms with Crippen molar-refractivity contribution in [2.24, 2.45) is 0 Å². The van der Waals surface area contributed by atoms with Crippen LogP contribution in [0.5, 0.6) is 0 Å². The van der Waals surface area contributed by atoms with E-state index in [2.05, 4.69) is 6.58 Å². The number of hydrogen-bond donors (Lipinski definition) is 5. The van der Waals surface area contributed by atoms with Crippen LogP contribution in [-0.2, 0) is 4.57 Å². The second kappa shape index (κ2) is 10.3. The summed E-state index contributed by atoms with van der Waals surface area (Å²) in [6.07, 6.45) is 1.76. The first-order valence-electron chi connectivity index (χ1n) is 4.18. The summed E-state index contributed by atoms with van der Waals surface area (Å²) in [5.41, 5.74) is 0. The van der Waals surface area contributed by atoms with Gasteiger partial charge in [0.25, 0.3) is 0 Å². The zero-order valence-electron chi connectivity index (χ0n) is 8.36. The van der Waals surface area contributed by atoms with E-state index >= 15 is 0 Å². The Morgan fingerprint density at radius 1 is 1.13 bits per heavy atom. The summed E-state index contributed by atoms with van der Waals surface area (Å²) in [6.45, 7) is 5.76. The van der Waals surface area contributed by atoms with Gasteiger partial charge >= 0.3 is 7.82 Å². The van der Waals surface area contributed by atoms with Crippen molar-refractivity contribution in [1.82, 2.24) is 4.90 Å². The Bertz CT molecular complexity index is 180. The van der Waals surface area contributed by atoms with E-state index in [1.807, 2.05) is 4.90 Å². The number of hydrogen-bond acceptors (Lipinski definition) is 4. The van der Waals surface area contributed by atoms with Crippen molar-refractivity contribution < 1.29 is 29.5 Å². The minimum Gasteiger partial charge on any atom is -0.395 e. The van der Waals surface area contributed by atoms with Crippen molar-refractivity contribution in [2.75, 3.05) is 32.8 Å². The number of nitrogens with zero attached hydrogens (tertiary/aromatic N) is 1. The maximum Gasteiger partial charge on any atom is 0.466 e. The second-order valence-electron chi connectivity index (χ2n) is 2.55. The molecule has 0 rings (SSSR count). The van der Waals surface area contributed by atoms with E-state index < -0.39 is 7.82 Å². The highest BCUT2D eigenvalue weighted by Gasteiger charge is 2.00. The molecule has 92 valence electrons. The zero-order valence-corrected chi connectivity index (χ0v) is 9.25. The van der Waals surface area contributed by atoms with Gasteiger partial charge < -0.3 is 24.9 Å². The van der Waals surface area contributed by atoms with Gasteiger partial charge in [-0.2, -0.15) is 0 Å². The summed E-state index contributed by atoms with van der Waals surface area (Å²) < 4.78 is 8.88. The smallest absolute Gasteiger partial charge is 0.395 e. The Hall–Kier alpha value is -0.270. The minimum atomic E-state index is -4.64. The maximum absolute atomic E-state index is 8.88. The number of phosphoric acid groups is 1. The van der Waals surface area contributed by atoms with Crippen molar-refractivity contribution in [2.45, 2.75) is 0 Å². The molecule has 0 aliphatic heterocycles. The number of rotatable bonds is 6. The molecule has 0 aromatic rings. The van der Waals surface area contributed by atoms with Gasteiger partial charge in [-0.3, -0.25) is 4.90 Å². The summed E-state index contributed by atoms with van der Waals surface area (Å²) >= 11 is 0. The van der Waals surface area contributed by atoms with Crippen LogP contribution in [0.3, 0.4) is 0 Å². The van der Waals surface area contributed by atoms with Crippen LogP contribution >= 0.6 is 7.82 Å². The lowest BCUT2D eigenvalue weighted by Gasteiger charge is -2.17. The molecule has 0 saturated carbocycles. The van der Waals surface area contributed by atoms with E-state index in [1.54, 1.807) is 6.08 Å². The third kappa shape index (κ3) is 24.8. The van der Waals surface area contributed by atoms with Crippen LogP contribution in [0.15, 0.2) is 12.7 Å². The highest BCUT2D eigenvalue weighted by Crippen LogP contribution is 2.25. The van der Waals surface area contributed by atoms with Crippen LogP contribution in [0.2, 0.25) is 0 Å². The van der Waals surface area contributed by atoms with Crippen molar-refractivity contribution in [3.8, 4) is 0 Å². The molecular weight excluding hydrogens is 225 g/mol.